The molecule has 0 aliphatic rings. The van der Waals surface area contributed by atoms with Crippen LogP contribution in [0.4, 0.5) is 11.4 Å². The molecule has 10 nitrogen and oxygen atoms in total. The van der Waals surface area contributed by atoms with Crippen molar-refractivity contribution in [2.45, 2.75) is 197 Å². The van der Waals surface area contributed by atoms with Crippen LogP contribution in [0.3, 0.4) is 0 Å². The van der Waals surface area contributed by atoms with Crippen LogP contribution >= 0.6 is 0 Å². The van der Waals surface area contributed by atoms with E-state index in [-0.39, 0.29) is 31.5 Å². The average Bonchev–Trinajstić information content (AvgIpc) is 3.33. The second-order valence-corrected chi connectivity index (χ2v) is 18.3. The molecule has 0 heterocycles. The van der Waals surface area contributed by atoms with E-state index in [1.807, 2.05) is 32.0 Å². The Morgan fingerprint density at radius 1 is 0.535 bits per heavy atom. The zero-order chi connectivity index (χ0) is 51.8. The maximum Gasteiger partial charge on any atom is 2.00 e. The molecule has 0 aliphatic heterocycles. The largest absolute Gasteiger partial charge is 2.00 e. The van der Waals surface area contributed by atoms with E-state index in [0.29, 0.717) is 24.0 Å². The Bertz CT molecular complexity index is 2270. The minimum Gasteiger partial charge on any atom is -0.869 e. The van der Waals surface area contributed by atoms with Gasteiger partial charge in [-0.25, -0.2) is 14.6 Å². The molecule has 0 fully saturated rings. The molecule has 0 spiro atoms. The number of carboxylic acid groups (broad SMARTS) is 2. The third-order valence-corrected chi connectivity index (χ3v) is 12.4. The number of aryl methyl sites for hydroxylation is 4. The number of phenolic OH excluding ortho intramolecular Hbond substituents is 2. The van der Waals surface area contributed by atoms with Gasteiger partial charge < -0.3 is 30.6 Å². The van der Waals surface area contributed by atoms with Crippen LogP contribution in [0.25, 0.3) is 0 Å². The Labute approximate surface area is 439 Å². The van der Waals surface area contributed by atoms with Gasteiger partial charge in [0.1, 0.15) is 17.2 Å². The molecule has 0 unspecified atom stereocenters. The number of benzene rings is 4. The topological polar surface area (TPSA) is 186 Å². The number of carbonyl (C=O) groups is 2. The minimum absolute atomic E-state index is 0. The number of rotatable bonds is 26. The number of phenols is 2. The number of unbranched alkanes of at least 4 members (excludes halogenated alkanes) is 15. The zero-order valence-corrected chi connectivity index (χ0v) is 45.5. The monoisotopic (exact) mass is 1060 g/mol. The van der Waals surface area contributed by atoms with Crippen molar-refractivity contribution in [2.75, 3.05) is 0 Å². The molecule has 4 aromatic rings. The number of aromatic carboxylic acids is 2. The number of nitrogens with zero attached hydrogens (tertiary/aromatic N) is 2. The van der Waals surface area contributed by atoms with Crippen LogP contribution < -0.4 is 10.2 Å². The third-order valence-electron chi connectivity index (χ3n) is 12.4. The summed E-state index contributed by atoms with van der Waals surface area (Å²) in [6, 6.07) is 19.4. The summed E-state index contributed by atoms with van der Waals surface area (Å²) in [6.45, 7) is 16.1. The van der Waals surface area contributed by atoms with Gasteiger partial charge in [0, 0.05) is 6.42 Å². The smallest absolute Gasteiger partial charge is 0.869 e. The molecule has 4 N–H and O–H groups in total. The van der Waals surface area contributed by atoms with E-state index in [2.05, 4.69) is 69.9 Å². The predicted octanol–water partition coefficient (Wildman–Crippen LogP) is 15.1. The van der Waals surface area contributed by atoms with Gasteiger partial charge in [0.2, 0.25) is 0 Å². The number of hydrogen-bond acceptors (Lipinski definition) is 8. The van der Waals surface area contributed by atoms with Crippen molar-refractivity contribution in [3.05, 3.63) is 105 Å². The molecule has 0 radical (unpaired) electrons. The number of aromatic hydroxyl groups is 2. The normalized spacial score (nSPS) is 11.0. The second kappa shape index (κ2) is 36.5. The van der Waals surface area contributed by atoms with Crippen LogP contribution in [0, 0.1) is 39.5 Å². The van der Waals surface area contributed by atoms with Crippen LogP contribution in [0.1, 0.15) is 210 Å². The summed E-state index contributed by atoms with van der Waals surface area (Å²) in [5.41, 5.74) is 8.05. The van der Waals surface area contributed by atoms with Crippen LogP contribution in [0.2, 0.25) is 0 Å². The second-order valence-electron chi connectivity index (χ2n) is 18.3. The first kappa shape index (κ1) is 63.6. The van der Waals surface area contributed by atoms with E-state index >= 15 is 0 Å². The molecule has 0 saturated heterocycles. The average molecular weight is 1070 g/mol. The van der Waals surface area contributed by atoms with Gasteiger partial charge in [0.05, 0.1) is 28.2 Å². The standard InChI is InChI=1S/C36H52N2.2C12H16O4.Pd/c1-5-7-9-10-11-12-13-14-15-16-17-18-19-23-27-36(38-34-29-28-31(3)32(4)30-34)35(26-8-6-2)37-33-24-21-20-22-25-33;2*1-3-4-5-8-6-9(13)11(14)10(7(8)2)12(15)16;/h20-22,24-25,28-30H,5-19,26H2,1-4H3;2*6,13-14H,3-5H2,1-2H3,(H,15,16);/q;;;+2/p-2. The first-order valence-electron chi connectivity index (χ1n) is 25.9. The van der Waals surface area contributed by atoms with Gasteiger partial charge in [-0.05, 0) is 148 Å². The molecular weight excluding hydrogens is 983 g/mol. The summed E-state index contributed by atoms with van der Waals surface area (Å²) in [6.07, 6.45) is 25.5. The molecule has 0 bridgehead atoms. The molecular formula is C60H82N2O8Pd. The summed E-state index contributed by atoms with van der Waals surface area (Å²) < 4.78 is 0. The number of hydrogen-bond donors (Lipinski definition) is 4. The van der Waals surface area contributed by atoms with Crippen molar-refractivity contribution in [3.8, 4) is 34.8 Å². The molecule has 11 heteroatoms. The molecule has 0 aromatic heterocycles. The minimum atomic E-state index is -1.28. The van der Waals surface area contributed by atoms with Crippen molar-refractivity contribution >= 4 is 34.7 Å². The maximum absolute atomic E-state index is 11.4. The molecule has 4 rings (SSSR count). The van der Waals surface area contributed by atoms with Crippen LogP contribution in [-0.4, -0.2) is 43.8 Å². The molecule has 4 aromatic carbocycles. The fraction of sp³-hybridized carbons (Fsp3) is 0.500. The maximum atomic E-state index is 11.4. The Balaban J connectivity index is 0.000000626. The molecule has 390 valence electrons. The van der Waals surface area contributed by atoms with Gasteiger partial charge in [-0.3, -0.25) is 4.99 Å². The van der Waals surface area contributed by atoms with Gasteiger partial charge in [-0.15, -0.1) is 0 Å². The van der Waals surface area contributed by atoms with Gasteiger partial charge >= 0.3 is 32.4 Å². The summed E-state index contributed by atoms with van der Waals surface area (Å²) in [5, 5.41) is 59.4. The van der Waals surface area contributed by atoms with E-state index in [1.54, 1.807) is 13.8 Å². The van der Waals surface area contributed by atoms with Crippen molar-refractivity contribution in [3.63, 3.8) is 0 Å². The number of aliphatic imine (C=N–C) groups is 2. The Morgan fingerprint density at radius 2 is 0.986 bits per heavy atom. The van der Waals surface area contributed by atoms with Crippen molar-refractivity contribution < 1.29 is 60.7 Å². The fourth-order valence-corrected chi connectivity index (χ4v) is 7.88. The zero-order valence-electron chi connectivity index (χ0n) is 44.0. The predicted molar refractivity (Wildman–Crippen MR) is 285 cm³/mol. The summed E-state index contributed by atoms with van der Waals surface area (Å²) in [7, 11) is 0. The van der Waals surface area contributed by atoms with Crippen LogP contribution in [0.15, 0.2) is 70.6 Å². The first-order valence-corrected chi connectivity index (χ1v) is 25.9. The summed E-state index contributed by atoms with van der Waals surface area (Å²) >= 11 is 0. The Morgan fingerprint density at radius 3 is 1.42 bits per heavy atom. The summed E-state index contributed by atoms with van der Waals surface area (Å²) in [5.74, 6) is 1.77. The van der Waals surface area contributed by atoms with Gasteiger partial charge in [-0.1, -0.05) is 159 Å². The molecule has 0 saturated carbocycles. The number of carboxylic acids is 2. The van der Waals surface area contributed by atoms with Crippen molar-refractivity contribution in [1.82, 2.24) is 0 Å². The van der Waals surface area contributed by atoms with E-state index in [1.165, 1.54) is 100 Å². The molecule has 0 amide bonds. The van der Waals surface area contributed by atoms with Crippen molar-refractivity contribution in [1.29, 1.82) is 0 Å². The van der Waals surface area contributed by atoms with Crippen molar-refractivity contribution in [2.24, 2.45) is 9.98 Å². The van der Waals surface area contributed by atoms with Gasteiger partial charge in [0.15, 0.2) is 0 Å². The quantitative estimate of drug-likeness (QED) is 0.0207. The van der Waals surface area contributed by atoms with E-state index < -0.39 is 34.9 Å². The van der Waals surface area contributed by atoms with E-state index in [4.69, 9.17) is 20.2 Å². The van der Waals surface area contributed by atoms with E-state index in [0.717, 1.165) is 85.3 Å². The fourth-order valence-electron chi connectivity index (χ4n) is 7.88. The molecule has 71 heavy (non-hydrogen) atoms. The Kier molecular flexibility index (Phi) is 32.7. The van der Waals surface area contributed by atoms with Crippen LogP contribution in [-0.2, 0) is 33.3 Å². The molecule has 0 aliphatic carbocycles. The first-order chi connectivity index (χ1) is 33.6. The number of para-hydroxylation sites is 1. The molecule has 0 atom stereocenters. The summed E-state index contributed by atoms with van der Waals surface area (Å²) in [4.78, 5) is 31.8. The van der Waals surface area contributed by atoms with Gasteiger partial charge in [0.25, 0.3) is 0 Å². The third kappa shape index (κ3) is 23.6. The Hall–Kier alpha value is -5.42. The van der Waals surface area contributed by atoms with Gasteiger partial charge in [-0.2, -0.15) is 0 Å². The van der Waals surface area contributed by atoms with Crippen LogP contribution in [0.5, 0.6) is 23.0 Å². The van der Waals surface area contributed by atoms with E-state index in [9.17, 15) is 30.0 Å². The SMILES string of the molecule is CCCCCCCCCCCCCCC#CC(=Nc1ccc(C)c(C)c1)C(CCCC)=Nc1ccccc1.CCCCc1cc(O)c([O-])c(C(=O)O)c1C.CCCCc1cc(O)c([O-])c(C(=O)O)c1C.[Pd+2].